The van der Waals surface area contributed by atoms with Crippen molar-refractivity contribution < 1.29 is 4.74 Å². The molecule has 118 valence electrons. The minimum atomic E-state index is 0.361. The molecule has 1 aromatic rings. The average Bonchev–Trinajstić information content (AvgIpc) is 2.69. The molecule has 0 aromatic heterocycles. The summed E-state index contributed by atoms with van der Waals surface area (Å²) in [5.74, 6) is 0.954. The van der Waals surface area contributed by atoms with Gasteiger partial charge in [-0.25, -0.2) is 0 Å². The molecule has 0 radical (unpaired) electrons. The van der Waals surface area contributed by atoms with Crippen molar-refractivity contribution >= 4 is 31.9 Å². The molecular formula is C17H25Br2NO. The lowest BCUT2D eigenvalue weighted by Crippen LogP contribution is -2.22. The van der Waals surface area contributed by atoms with Crippen molar-refractivity contribution in [1.82, 2.24) is 5.32 Å². The average molecular weight is 419 g/mol. The number of benzene rings is 1. The zero-order valence-electron chi connectivity index (χ0n) is 12.9. The number of hydrogen-bond donors (Lipinski definition) is 1. The van der Waals surface area contributed by atoms with Gasteiger partial charge >= 0.3 is 0 Å². The topological polar surface area (TPSA) is 21.3 Å². The highest BCUT2D eigenvalue weighted by atomic mass is 79.9. The molecule has 0 bridgehead atoms. The molecule has 1 aromatic carbocycles. The molecule has 0 heterocycles. The zero-order chi connectivity index (χ0) is 15.2. The first-order valence-electron chi connectivity index (χ1n) is 7.94. The van der Waals surface area contributed by atoms with Crippen LogP contribution in [0.1, 0.15) is 57.9 Å². The van der Waals surface area contributed by atoms with Crippen molar-refractivity contribution in [2.24, 2.45) is 0 Å². The molecule has 0 spiro atoms. The highest BCUT2D eigenvalue weighted by Gasteiger charge is 2.17. The number of rotatable bonds is 5. The van der Waals surface area contributed by atoms with Crippen LogP contribution in [0.2, 0.25) is 0 Å². The van der Waals surface area contributed by atoms with Crippen LogP contribution in [0, 0.1) is 0 Å². The fourth-order valence-electron chi connectivity index (χ4n) is 2.68. The largest absolute Gasteiger partial charge is 0.488 e. The Morgan fingerprint density at radius 3 is 2.19 bits per heavy atom. The Morgan fingerprint density at radius 2 is 1.67 bits per heavy atom. The van der Waals surface area contributed by atoms with E-state index in [2.05, 4.69) is 63.2 Å². The van der Waals surface area contributed by atoms with Gasteiger partial charge in [0.05, 0.1) is 15.0 Å². The molecule has 1 fully saturated rings. The number of hydrogen-bond acceptors (Lipinski definition) is 2. The lowest BCUT2D eigenvalue weighted by Gasteiger charge is -2.20. The van der Waals surface area contributed by atoms with Crippen molar-refractivity contribution in [2.45, 2.75) is 71.1 Å². The molecule has 0 unspecified atom stereocenters. The van der Waals surface area contributed by atoms with E-state index < -0.39 is 0 Å². The summed E-state index contributed by atoms with van der Waals surface area (Å²) in [5.41, 5.74) is 1.26. The summed E-state index contributed by atoms with van der Waals surface area (Å²) < 4.78 is 8.35. The normalized spacial score (nSPS) is 17.0. The van der Waals surface area contributed by atoms with Crippen LogP contribution in [0.15, 0.2) is 21.1 Å². The fraction of sp³-hybridized carbons (Fsp3) is 0.647. The number of halogens is 2. The van der Waals surface area contributed by atoms with E-state index in [0.29, 0.717) is 12.1 Å². The van der Waals surface area contributed by atoms with Crippen molar-refractivity contribution in [3.63, 3.8) is 0 Å². The molecule has 1 N–H and O–H groups in total. The summed E-state index contributed by atoms with van der Waals surface area (Å²) in [7, 11) is 0. The second kappa shape index (κ2) is 8.54. The first-order chi connectivity index (χ1) is 10.1. The second-order valence-corrected chi connectivity index (χ2v) is 7.86. The minimum absolute atomic E-state index is 0.361. The van der Waals surface area contributed by atoms with Gasteiger partial charge in [-0.2, -0.15) is 0 Å². The third-order valence-corrected chi connectivity index (χ3v) is 5.04. The van der Waals surface area contributed by atoms with Gasteiger partial charge in [0.2, 0.25) is 0 Å². The zero-order valence-corrected chi connectivity index (χ0v) is 16.1. The van der Waals surface area contributed by atoms with Crippen LogP contribution in [-0.2, 0) is 6.54 Å². The van der Waals surface area contributed by atoms with E-state index in [0.717, 1.165) is 21.2 Å². The maximum absolute atomic E-state index is 6.26. The van der Waals surface area contributed by atoms with E-state index in [1.807, 2.05) is 0 Å². The van der Waals surface area contributed by atoms with Gasteiger partial charge < -0.3 is 10.1 Å². The van der Waals surface area contributed by atoms with Gasteiger partial charge in [-0.05, 0) is 75.2 Å². The van der Waals surface area contributed by atoms with E-state index in [1.165, 1.54) is 44.1 Å². The summed E-state index contributed by atoms with van der Waals surface area (Å²) in [6.07, 6.45) is 7.99. The van der Waals surface area contributed by atoms with Gasteiger partial charge in [0.15, 0.2) is 0 Å². The lowest BCUT2D eigenvalue weighted by molar-refractivity contribution is 0.181. The first-order valence-corrected chi connectivity index (χ1v) is 9.53. The SMILES string of the molecule is CC(C)NCc1cc(Br)c(OC2CCCCCC2)c(Br)c1. The van der Waals surface area contributed by atoms with Crippen LogP contribution in [0.25, 0.3) is 0 Å². The predicted molar refractivity (Wildman–Crippen MR) is 95.9 cm³/mol. The van der Waals surface area contributed by atoms with E-state index in [1.54, 1.807) is 0 Å². The second-order valence-electron chi connectivity index (χ2n) is 6.16. The minimum Gasteiger partial charge on any atom is -0.488 e. The van der Waals surface area contributed by atoms with Gasteiger partial charge in [0.25, 0.3) is 0 Å². The number of ether oxygens (including phenoxy) is 1. The van der Waals surface area contributed by atoms with Crippen LogP contribution in [0.4, 0.5) is 0 Å². The molecule has 1 saturated carbocycles. The molecule has 1 aliphatic rings. The Kier molecular flexibility index (Phi) is 7.03. The summed E-state index contributed by atoms with van der Waals surface area (Å²) >= 11 is 7.34. The van der Waals surface area contributed by atoms with Crippen molar-refractivity contribution in [3.8, 4) is 5.75 Å². The molecular weight excluding hydrogens is 394 g/mol. The number of nitrogens with one attached hydrogen (secondary N) is 1. The maximum Gasteiger partial charge on any atom is 0.148 e. The Balaban J connectivity index is 2.05. The summed E-state index contributed by atoms with van der Waals surface area (Å²) in [5, 5.41) is 3.44. The Bertz CT molecular complexity index is 431. The van der Waals surface area contributed by atoms with Crippen molar-refractivity contribution in [2.75, 3.05) is 0 Å². The maximum atomic E-state index is 6.26. The molecule has 4 heteroatoms. The fourth-order valence-corrected chi connectivity index (χ4v) is 4.14. The highest BCUT2D eigenvalue weighted by Crippen LogP contribution is 2.37. The molecule has 0 atom stereocenters. The Labute approximate surface area is 145 Å². The lowest BCUT2D eigenvalue weighted by atomic mass is 10.1. The van der Waals surface area contributed by atoms with Crippen molar-refractivity contribution in [1.29, 1.82) is 0 Å². The van der Waals surface area contributed by atoms with Gasteiger partial charge in [0, 0.05) is 12.6 Å². The molecule has 0 saturated heterocycles. The van der Waals surface area contributed by atoms with E-state index >= 15 is 0 Å². The molecule has 2 nitrogen and oxygen atoms in total. The predicted octanol–water partition coefficient (Wildman–Crippen LogP) is 5.81. The molecule has 1 aliphatic carbocycles. The quantitative estimate of drug-likeness (QED) is 0.609. The van der Waals surface area contributed by atoms with Gasteiger partial charge in [-0.1, -0.05) is 26.7 Å². The van der Waals surface area contributed by atoms with Crippen LogP contribution in [0.5, 0.6) is 5.75 Å². The smallest absolute Gasteiger partial charge is 0.148 e. The first kappa shape index (κ1) is 17.3. The molecule has 21 heavy (non-hydrogen) atoms. The monoisotopic (exact) mass is 417 g/mol. The Hall–Kier alpha value is -0.0600. The third-order valence-electron chi connectivity index (χ3n) is 3.86. The van der Waals surface area contributed by atoms with E-state index in [-0.39, 0.29) is 0 Å². The van der Waals surface area contributed by atoms with Gasteiger partial charge in [-0.15, -0.1) is 0 Å². The van der Waals surface area contributed by atoms with Gasteiger partial charge in [-0.3, -0.25) is 0 Å². The summed E-state index contributed by atoms with van der Waals surface area (Å²) in [6, 6.07) is 4.81. The van der Waals surface area contributed by atoms with Crippen LogP contribution in [-0.4, -0.2) is 12.1 Å². The van der Waals surface area contributed by atoms with Crippen LogP contribution >= 0.6 is 31.9 Å². The summed E-state index contributed by atoms with van der Waals surface area (Å²) in [6.45, 7) is 5.19. The van der Waals surface area contributed by atoms with E-state index in [9.17, 15) is 0 Å². The molecule has 2 rings (SSSR count). The highest BCUT2D eigenvalue weighted by molar-refractivity contribution is 9.11. The van der Waals surface area contributed by atoms with Gasteiger partial charge in [0.1, 0.15) is 5.75 Å². The van der Waals surface area contributed by atoms with Crippen LogP contribution < -0.4 is 10.1 Å². The standard InChI is InChI=1S/C17H25Br2NO/c1-12(2)20-11-13-9-15(18)17(16(19)10-13)21-14-7-5-3-4-6-8-14/h9-10,12,14,20H,3-8,11H2,1-2H3. The Morgan fingerprint density at radius 1 is 1.10 bits per heavy atom. The molecule has 0 amide bonds. The van der Waals surface area contributed by atoms with Crippen molar-refractivity contribution in [3.05, 3.63) is 26.6 Å². The van der Waals surface area contributed by atoms with E-state index in [4.69, 9.17) is 4.74 Å². The third kappa shape index (κ3) is 5.57. The van der Waals surface area contributed by atoms with Crippen LogP contribution in [0.3, 0.4) is 0 Å². The molecule has 0 aliphatic heterocycles. The summed E-state index contributed by atoms with van der Waals surface area (Å²) in [4.78, 5) is 0.